The molecule has 1 aliphatic heterocycles. The number of pyridine rings is 1. The number of hydrogen-bond donors (Lipinski definition) is 3. The number of anilines is 1. The number of nitrogens with one attached hydrogen (secondary N) is 2. The van der Waals surface area contributed by atoms with Crippen LogP contribution in [0.1, 0.15) is 69.7 Å². The standard InChI is InChI=1S/C28H38ClN5O7S/c1-28(2,3)41-27(38)32-42(39,40)34(17-24(35)36)19-13-14-33(16-19)23-12-9-20-22(31-23)11-10-21(29)25(20)26(37)30-15-18-7-5-4-6-8-18/h9-12,18-19H,4-8,13-17H2,1-3H3,(H,30,37)(H,32,38)(H,35,36). The van der Waals surface area contributed by atoms with Crippen LogP contribution in [0.2, 0.25) is 5.02 Å². The Hall–Kier alpha value is -3.16. The molecule has 2 aromatic rings. The number of ether oxygens (including phenoxy) is 1. The van der Waals surface area contributed by atoms with Gasteiger partial charge in [-0.25, -0.2) is 14.5 Å². The van der Waals surface area contributed by atoms with E-state index in [0.29, 0.717) is 52.7 Å². The number of hydrogen-bond acceptors (Lipinski definition) is 8. The largest absolute Gasteiger partial charge is 0.480 e. The maximum Gasteiger partial charge on any atom is 0.422 e. The Morgan fingerprint density at radius 3 is 2.50 bits per heavy atom. The summed E-state index contributed by atoms with van der Waals surface area (Å²) in [5, 5.41) is 13.4. The van der Waals surface area contributed by atoms with Crippen molar-refractivity contribution < 1.29 is 32.6 Å². The predicted octanol–water partition coefficient (Wildman–Crippen LogP) is 3.93. The van der Waals surface area contributed by atoms with E-state index in [1.165, 1.54) is 19.3 Å². The third-order valence-electron chi connectivity index (χ3n) is 7.41. The maximum atomic E-state index is 13.1. The Kier molecular flexibility index (Phi) is 9.84. The van der Waals surface area contributed by atoms with Crippen molar-refractivity contribution in [3.8, 4) is 0 Å². The van der Waals surface area contributed by atoms with E-state index in [-0.39, 0.29) is 12.5 Å². The third kappa shape index (κ3) is 8.01. The van der Waals surface area contributed by atoms with Gasteiger partial charge in [-0.15, -0.1) is 0 Å². The van der Waals surface area contributed by atoms with E-state index in [1.54, 1.807) is 45.0 Å². The average Bonchev–Trinajstić information content (AvgIpc) is 3.39. The average molecular weight is 624 g/mol. The van der Waals surface area contributed by atoms with Crippen molar-refractivity contribution in [2.24, 2.45) is 5.92 Å². The number of benzene rings is 1. The number of fused-ring (bicyclic) bond motifs is 1. The number of carboxylic acids is 1. The Morgan fingerprint density at radius 1 is 1.12 bits per heavy atom. The normalized spacial score (nSPS) is 18.3. The van der Waals surface area contributed by atoms with Gasteiger partial charge in [-0.3, -0.25) is 9.59 Å². The summed E-state index contributed by atoms with van der Waals surface area (Å²) in [4.78, 5) is 43.4. The smallest absolute Gasteiger partial charge is 0.422 e. The predicted molar refractivity (Wildman–Crippen MR) is 159 cm³/mol. The number of carbonyl (C=O) groups is 3. The zero-order chi connectivity index (χ0) is 30.7. The van der Waals surface area contributed by atoms with Crippen LogP contribution in [0.25, 0.3) is 10.9 Å². The summed E-state index contributed by atoms with van der Waals surface area (Å²) < 4.78 is 33.7. The lowest BCUT2D eigenvalue weighted by atomic mass is 9.89. The fourth-order valence-corrected chi connectivity index (χ4v) is 6.95. The SMILES string of the molecule is CC(C)(C)OC(=O)NS(=O)(=O)N(CC(=O)O)C1CCN(c2ccc3c(C(=O)NCC4CCCCC4)c(Cl)ccc3n2)C1. The van der Waals surface area contributed by atoms with E-state index in [0.717, 1.165) is 17.1 Å². The van der Waals surface area contributed by atoms with Gasteiger partial charge in [0.15, 0.2) is 0 Å². The molecule has 0 spiro atoms. The van der Waals surface area contributed by atoms with E-state index < -0.39 is 40.5 Å². The highest BCUT2D eigenvalue weighted by atomic mass is 35.5. The van der Waals surface area contributed by atoms with Crippen LogP contribution in [-0.4, -0.2) is 78.6 Å². The molecule has 1 saturated carbocycles. The van der Waals surface area contributed by atoms with Crippen molar-refractivity contribution in [1.29, 1.82) is 0 Å². The summed E-state index contributed by atoms with van der Waals surface area (Å²) in [5.74, 6) is -0.612. The van der Waals surface area contributed by atoms with Crippen molar-refractivity contribution in [3.63, 3.8) is 0 Å². The highest BCUT2D eigenvalue weighted by molar-refractivity contribution is 7.87. The number of halogens is 1. The quantitative estimate of drug-likeness (QED) is 0.376. The summed E-state index contributed by atoms with van der Waals surface area (Å²) >= 11 is 6.45. The van der Waals surface area contributed by atoms with Gasteiger partial charge in [0, 0.05) is 31.1 Å². The van der Waals surface area contributed by atoms with E-state index >= 15 is 0 Å². The molecule has 12 nitrogen and oxygen atoms in total. The highest BCUT2D eigenvalue weighted by Crippen LogP contribution is 2.30. The van der Waals surface area contributed by atoms with E-state index in [1.807, 2.05) is 9.62 Å². The van der Waals surface area contributed by atoms with Crippen LogP contribution < -0.4 is 14.9 Å². The zero-order valence-corrected chi connectivity index (χ0v) is 25.6. The number of carbonyl (C=O) groups excluding carboxylic acids is 2. The molecule has 1 atom stereocenters. The molecule has 1 unspecified atom stereocenters. The second-order valence-corrected chi connectivity index (χ2v) is 13.8. The van der Waals surface area contributed by atoms with E-state index in [9.17, 15) is 27.9 Å². The molecule has 2 fully saturated rings. The van der Waals surface area contributed by atoms with Gasteiger partial charge in [0.25, 0.3) is 5.91 Å². The molecule has 1 aromatic carbocycles. The zero-order valence-electron chi connectivity index (χ0n) is 24.1. The summed E-state index contributed by atoms with van der Waals surface area (Å²) in [7, 11) is -4.52. The molecule has 1 saturated heterocycles. The molecular formula is C28H38ClN5O7S. The fraction of sp³-hybridized carbons (Fsp3) is 0.571. The molecule has 230 valence electrons. The number of nitrogens with zero attached hydrogens (tertiary/aromatic N) is 3. The summed E-state index contributed by atoms with van der Waals surface area (Å²) in [6, 6.07) is 6.10. The fourth-order valence-electron chi connectivity index (χ4n) is 5.48. The molecule has 1 aromatic heterocycles. The molecule has 0 bridgehead atoms. The summed E-state index contributed by atoms with van der Waals surface area (Å²) in [5.41, 5.74) is -0.0384. The van der Waals surface area contributed by atoms with Gasteiger partial charge < -0.3 is 20.1 Å². The van der Waals surface area contributed by atoms with Crippen LogP contribution in [0, 0.1) is 5.92 Å². The van der Waals surface area contributed by atoms with Crippen molar-refractivity contribution in [3.05, 3.63) is 34.9 Å². The number of aliphatic carboxylic acids is 1. The Morgan fingerprint density at radius 2 is 1.83 bits per heavy atom. The second kappa shape index (κ2) is 13.0. The van der Waals surface area contributed by atoms with Crippen molar-refractivity contribution in [2.45, 2.75) is 70.9 Å². The van der Waals surface area contributed by atoms with Gasteiger partial charge in [-0.2, -0.15) is 12.7 Å². The van der Waals surface area contributed by atoms with Crippen molar-refractivity contribution >= 4 is 56.5 Å². The van der Waals surface area contributed by atoms with Gasteiger partial charge >= 0.3 is 22.3 Å². The topological polar surface area (TPSA) is 158 Å². The minimum Gasteiger partial charge on any atom is -0.480 e. The maximum absolute atomic E-state index is 13.1. The van der Waals surface area contributed by atoms with Crippen LogP contribution in [0.4, 0.5) is 10.6 Å². The van der Waals surface area contributed by atoms with Crippen molar-refractivity contribution in [1.82, 2.24) is 19.3 Å². The Labute approximate surface area is 250 Å². The number of aromatic nitrogens is 1. The monoisotopic (exact) mass is 623 g/mol. The van der Waals surface area contributed by atoms with Gasteiger partial charge in [0.1, 0.15) is 18.0 Å². The molecule has 2 amide bonds. The highest BCUT2D eigenvalue weighted by Gasteiger charge is 2.38. The minimum atomic E-state index is -4.52. The van der Waals surface area contributed by atoms with Gasteiger partial charge in [0.2, 0.25) is 0 Å². The molecule has 3 N–H and O–H groups in total. The molecule has 2 aliphatic rings. The van der Waals surface area contributed by atoms with Crippen molar-refractivity contribution in [2.75, 3.05) is 31.1 Å². The first-order chi connectivity index (χ1) is 19.7. The van der Waals surface area contributed by atoms with Gasteiger partial charge in [-0.05, 0) is 70.2 Å². The van der Waals surface area contributed by atoms with E-state index in [4.69, 9.17) is 21.3 Å². The molecular weight excluding hydrogens is 586 g/mol. The summed E-state index contributed by atoms with van der Waals surface area (Å²) in [6.45, 7) is 5.05. The first-order valence-electron chi connectivity index (χ1n) is 14.1. The second-order valence-electron chi connectivity index (χ2n) is 11.8. The molecule has 1 aliphatic carbocycles. The van der Waals surface area contributed by atoms with Crippen LogP contribution in [-0.2, 0) is 19.7 Å². The minimum absolute atomic E-state index is 0.142. The third-order valence-corrected chi connectivity index (χ3v) is 9.20. The number of carboxylic acid groups (broad SMARTS) is 1. The van der Waals surface area contributed by atoms with Crippen LogP contribution >= 0.6 is 11.6 Å². The lowest BCUT2D eigenvalue weighted by Crippen LogP contribution is -2.52. The number of rotatable bonds is 9. The molecule has 42 heavy (non-hydrogen) atoms. The van der Waals surface area contributed by atoms with Gasteiger partial charge in [0.05, 0.1) is 16.1 Å². The van der Waals surface area contributed by atoms with Gasteiger partial charge in [-0.1, -0.05) is 30.9 Å². The van der Waals surface area contributed by atoms with E-state index in [2.05, 4.69) is 5.32 Å². The summed E-state index contributed by atoms with van der Waals surface area (Å²) in [6.07, 6.45) is 4.92. The van der Waals surface area contributed by atoms with Crippen LogP contribution in [0.15, 0.2) is 24.3 Å². The molecule has 14 heteroatoms. The number of amides is 2. The van der Waals surface area contributed by atoms with Crippen LogP contribution in [0.3, 0.4) is 0 Å². The first kappa shape index (κ1) is 31.8. The van der Waals surface area contributed by atoms with Crippen LogP contribution in [0.5, 0.6) is 0 Å². The lowest BCUT2D eigenvalue weighted by molar-refractivity contribution is -0.137. The molecule has 2 heterocycles. The lowest BCUT2D eigenvalue weighted by Gasteiger charge is -2.27. The Balaban J connectivity index is 1.50. The molecule has 4 rings (SSSR count). The molecule has 0 radical (unpaired) electrons. The Bertz CT molecular complexity index is 1440. The first-order valence-corrected chi connectivity index (χ1v) is 15.9.